The van der Waals surface area contributed by atoms with Gasteiger partial charge in [-0.2, -0.15) is 4.68 Å². The Kier molecular flexibility index (Phi) is 5.31. The van der Waals surface area contributed by atoms with Crippen LogP contribution >= 0.6 is 11.8 Å². The maximum Gasteiger partial charge on any atom is 0.319 e. The molecule has 2 amide bonds. The molecule has 1 aliphatic heterocycles. The van der Waals surface area contributed by atoms with Gasteiger partial charge in [-0.15, -0.1) is 5.10 Å². The second-order valence-corrected chi connectivity index (χ2v) is 6.34. The van der Waals surface area contributed by atoms with E-state index in [0.717, 1.165) is 25.1 Å². The van der Waals surface area contributed by atoms with Gasteiger partial charge in [0.2, 0.25) is 5.16 Å². The lowest BCUT2D eigenvalue weighted by molar-refractivity contribution is 0.0868. The second kappa shape index (κ2) is 7.63. The maximum absolute atomic E-state index is 12.2. The van der Waals surface area contributed by atoms with E-state index >= 15 is 0 Å². The average molecular weight is 348 g/mol. The zero-order valence-corrected chi connectivity index (χ0v) is 14.4. The first-order chi connectivity index (χ1) is 11.7. The number of thioether (sulfide) groups is 1. The van der Waals surface area contributed by atoms with Crippen molar-refractivity contribution in [2.45, 2.75) is 37.1 Å². The number of hydrogen-bond donors (Lipinski definition) is 2. The second-order valence-electron chi connectivity index (χ2n) is 5.57. The summed E-state index contributed by atoms with van der Waals surface area (Å²) in [5.74, 6) is 0. The third-order valence-corrected chi connectivity index (χ3v) is 4.47. The van der Waals surface area contributed by atoms with Gasteiger partial charge in [0, 0.05) is 12.3 Å². The van der Waals surface area contributed by atoms with E-state index in [1.165, 1.54) is 11.8 Å². The molecule has 0 aliphatic carbocycles. The van der Waals surface area contributed by atoms with Crippen LogP contribution in [0.1, 0.15) is 19.8 Å². The van der Waals surface area contributed by atoms with Crippen LogP contribution in [-0.2, 0) is 4.74 Å². The SMILES string of the molecule is CSc1nnnn1-c1cccc(NC(=O)N[C@@H](C)[C@@H]2CCCO2)c1. The smallest absolute Gasteiger partial charge is 0.319 e. The van der Waals surface area contributed by atoms with Gasteiger partial charge in [-0.1, -0.05) is 17.8 Å². The van der Waals surface area contributed by atoms with Crippen molar-refractivity contribution in [2.24, 2.45) is 0 Å². The predicted molar refractivity (Wildman–Crippen MR) is 91.5 cm³/mol. The molecular weight excluding hydrogens is 328 g/mol. The largest absolute Gasteiger partial charge is 0.376 e. The number of tetrazole rings is 1. The minimum atomic E-state index is -0.253. The number of hydrogen-bond acceptors (Lipinski definition) is 6. The molecule has 1 aliphatic rings. The molecule has 128 valence electrons. The van der Waals surface area contributed by atoms with Crippen LogP contribution in [0.5, 0.6) is 0 Å². The number of amides is 2. The fraction of sp³-hybridized carbons (Fsp3) is 0.467. The first-order valence-electron chi connectivity index (χ1n) is 7.79. The molecule has 24 heavy (non-hydrogen) atoms. The Hall–Kier alpha value is -2.13. The number of urea groups is 1. The van der Waals surface area contributed by atoms with Crippen molar-refractivity contribution in [3.63, 3.8) is 0 Å². The van der Waals surface area contributed by atoms with Crippen LogP contribution in [0.15, 0.2) is 29.4 Å². The van der Waals surface area contributed by atoms with Crippen molar-refractivity contribution in [1.29, 1.82) is 0 Å². The highest BCUT2D eigenvalue weighted by Crippen LogP contribution is 2.19. The lowest BCUT2D eigenvalue weighted by atomic mass is 10.1. The highest BCUT2D eigenvalue weighted by Gasteiger charge is 2.23. The monoisotopic (exact) mass is 348 g/mol. The Balaban J connectivity index is 1.65. The zero-order valence-electron chi connectivity index (χ0n) is 13.6. The summed E-state index contributed by atoms with van der Waals surface area (Å²) in [6, 6.07) is 7.10. The van der Waals surface area contributed by atoms with E-state index in [1.807, 2.05) is 37.4 Å². The third-order valence-electron chi connectivity index (χ3n) is 3.85. The number of benzene rings is 1. The summed E-state index contributed by atoms with van der Waals surface area (Å²) >= 11 is 1.45. The van der Waals surface area contributed by atoms with Crippen molar-refractivity contribution in [3.05, 3.63) is 24.3 Å². The molecule has 1 saturated heterocycles. The minimum Gasteiger partial charge on any atom is -0.376 e. The predicted octanol–water partition coefficient (Wildman–Crippen LogP) is 2.07. The van der Waals surface area contributed by atoms with Crippen LogP contribution in [0.2, 0.25) is 0 Å². The molecule has 0 unspecified atom stereocenters. The summed E-state index contributed by atoms with van der Waals surface area (Å²) in [5.41, 5.74) is 1.46. The molecule has 1 aromatic heterocycles. The van der Waals surface area contributed by atoms with Gasteiger partial charge < -0.3 is 15.4 Å². The number of aromatic nitrogens is 4. The van der Waals surface area contributed by atoms with E-state index in [-0.39, 0.29) is 18.2 Å². The molecule has 3 rings (SSSR count). The van der Waals surface area contributed by atoms with Gasteiger partial charge in [-0.3, -0.25) is 0 Å². The summed E-state index contributed by atoms with van der Waals surface area (Å²) in [6.45, 7) is 2.72. The third kappa shape index (κ3) is 3.85. The Morgan fingerprint density at radius 3 is 3.12 bits per heavy atom. The lowest BCUT2D eigenvalue weighted by Gasteiger charge is -2.20. The fourth-order valence-electron chi connectivity index (χ4n) is 2.65. The molecule has 2 atom stereocenters. The molecule has 2 heterocycles. The number of nitrogens with zero attached hydrogens (tertiary/aromatic N) is 4. The topological polar surface area (TPSA) is 94.0 Å². The van der Waals surface area contributed by atoms with Gasteiger partial charge in [-0.05, 0) is 54.6 Å². The first-order valence-corrected chi connectivity index (χ1v) is 9.02. The molecule has 2 N–H and O–H groups in total. The zero-order chi connectivity index (χ0) is 16.9. The van der Waals surface area contributed by atoms with Gasteiger partial charge in [0.1, 0.15) is 0 Å². The summed E-state index contributed by atoms with van der Waals surface area (Å²) in [7, 11) is 0. The van der Waals surface area contributed by atoms with E-state index in [1.54, 1.807) is 4.68 Å². The van der Waals surface area contributed by atoms with Crippen LogP contribution in [-0.4, -0.2) is 51.2 Å². The molecule has 1 aromatic carbocycles. The molecule has 0 bridgehead atoms. The van der Waals surface area contributed by atoms with Crippen LogP contribution in [0.3, 0.4) is 0 Å². The first kappa shape index (κ1) is 16.7. The van der Waals surface area contributed by atoms with Gasteiger partial charge in [-0.25, -0.2) is 4.79 Å². The molecule has 2 aromatic rings. The van der Waals surface area contributed by atoms with Crippen LogP contribution in [0, 0.1) is 0 Å². The van der Waals surface area contributed by atoms with Crippen molar-refractivity contribution < 1.29 is 9.53 Å². The lowest BCUT2D eigenvalue weighted by Crippen LogP contribution is -2.42. The van der Waals surface area contributed by atoms with Crippen molar-refractivity contribution in [2.75, 3.05) is 18.2 Å². The maximum atomic E-state index is 12.2. The fourth-order valence-corrected chi connectivity index (χ4v) is 3.08. The number of rotatable bonds is 5. The van der Waals surface area contributed by atoms with E-state index in [9.17, 15) is 4.79 Å². The number of nitrogens with one attached hydrogen (secondary N) is 2. The normalized spacial score (nSPS) is 18.3. The summed E-state index contributed by atoms with van der Waals surface area (Å²) in [4.78, 5) is 12.2. The van der Waals surface area contributed by atoms with Crippen LogP contribution in [0.4, 0.5) is 10.5 Å². The van der Waals surface area contributed by atoms with Gasteiger partial charge in [0.25, 0.3) is 0 Å². The van der Waals surface area contributed by atoms with Crippen LogP contribution < -0.4 is 10.6 Å². The molecule has 0 saturated carbocycles. The number of carbonyl (C=O) groups excluding carboxylic acids is 1. The van der Waals surface area contributed by atoms with E-state index in [2.05, 4.69) is 26.2 Å². The molecule has 1 fully saturated rings. The standard InChI is InChI=1S/C15H20N6O2S/c1-10(13-7-4-8-23-13)16-14(22)17-11-5-3-6-12(9-11)21-15(24-2)18-19-20-21/h3,5-6,9-10,13H,4,7-8H2,1-2H3,(H2,16,17,22)/t10-,13-/m0/s1. The molecule has 0 radical (unpaired) electrons. The summed E-state index contributed by atoms with van der Waals surface area (Å²) < 4.78 is 7.22. The van der Waals surface area contributed by atoms with E-state index < -0.39 is 0 Å². The van der Waals surface area contributed by atoms with Crippen molar-refractivity contribution >= 4 is 23.5 Å². The molecular formula is C15H20N6O2S. The van der Waals surface area contributed by atoms with Crippen molar-refractivity contribution in [3.8, 4) is 5.69 Å². The van der Waals surface area contributed by atoms with E-state index in [0.29, 0.717) is 10.8 Å². The Morgan fingerprint density at radius 2 is 2.38 bits per heavy atom. The average Bonchev–Trinajstić information content (AvgIpc) is 3.26. The highest BCUT2D eigenvalue weighted by atomic mass is 32.2. The Labute approximate surface area is 144 Å². The quantitative estimate of drug-likeness (QED) is 0.804. The van der Waals surface area contributed by atoms with Gasteiger partial charge in [0.05, 0.1) is 17.8 Å². The van der Waals surface area contributed by atoms with Crippen molar-refractivity contribution in [1.82, 2.24) is 25.5 Å². The number of ether oxygens (including phenoxy) is 1. The molecule has 9 heteroatoms. The van der Waals surface area contributed by atoms with Gasteiger partial charge in [0.15, 0.2) is 0 Å². The highest BCUT2D eigenvalue weighted by molar-refractivity contribution is 7.98. The minimum absolute atomic E-state index is 0.0294. The number of carbonyl (C=O) groups is 1. The Bertz CT molecular complexity index is 701. The number of anilines is 1. The molecule has 8 nitrogen and oxygen atoms in total. The summed E-state index contributed by atoms with van der Waals surface area (Å²) in [5, 5.41) is 18.0. The van der Waals surface area contributed by atoms with Crippen LogP contribution in [0.25, 0.3) is 5.69 Å². The molecule has 0 spiro atoms. The van der Waals surface area contributed by atoms with Gasteiger partial charge >= 0.3 is 6.03 Å². The summed E-state index contributed by atoms with van der Waals surface area (Å²) in [6.07, 6.45) is 4.02. The Morgan fingerprint density at radius 1 is 1.50 bits per heavy atom. The van der Waals surface area contributed by atoms with E-state index in [4.69, 9.17) is 4.74 Å².